The van der Waals surface area contributed by atoms with Crippen LogP contribution in [0.4, 0.5) is 0 Å². The van der Waals surface area contributed by atoms with Gasteiger partial charge in [-0.05, 0) is 26.8 Å². The largest absolute Gasteiger partial charge is 0.486 e. The van der Waals surface area contributed by atoms with Crippen LogP contribution in [0.5, 0.6) is 5.75 Å². The van der Waals surface area contributed by atoms with Gasteiger partial charge < -0.3 is 9.15 Å². The smallest absolute Gasteiger partial charge is 0.175 e. The van der Waals surface area contributed by atoms with Crippen molar-refractivity contribution in [2.45, 2.75) is 26.9 Å². The van der Waals surface area contributed by atoms with Gasteiger partial charge in [-0.15, -0.1) is 0 Å². The first kappa shape index (κ1) is 9.26. The Kier molecular flexibility index (Phi) is 2.87. The van der Waals surface area contributed by atoms with E-state index < -0.39 is 0 Å². The summed E-state index contributed by atoms with van der Waals surface area (Å²) in [6.45, 7) is 5.76. The predicted molar refractivity (Wildman–Crippen MR) is 50.0 cm³/mol. The first-order valence-corrected chi connectivity index (χ1v) is 4.27. The fourth-order valence-electron chi connectivity index (χ4n) is 0.877. The molecule has 0 N–H and O–H groups in total. The van der Waals surface area contributed by atoms with E-state index in [-0.39, 0.29) is 6.10 Å². The minimum absolute atomic E-state index is 0.128. The topological polar surface area (TPSA) is 22.4 Å². The molecule has 1 aromatic heterocycles. The monoisotopic (exact) mass is 184 g/mol. The molecule has 1 aromatic rings. The van der Waals surface area contributed by atoms with E-state index >= 15 is 0 Å². The van der Waals surface area contributed by atoms with E-state index in [4.69, 9.17) is 21.4 Å². The van der Waals surface area contributed by atoms with E-state index in [0.717, 1.165) is 5.76 Å². The van der Waals surface area contributed by atoms with Crippen LogP contribution < -0.4 is 4.74 Å². The third-order valence-corrected chi connectivity index (χ3v) is 1.68. The molecule has 0 aliphatic heterocycles. The average Bonchev–Trinajstić information content (AvgIpc) is 1.97. The minimum Gasteiger partial charge on any atom is -0.486 e. The fourth-order valence-corrected chi connectivity index (χ4v) is 1.12. The molecular weight excluding hydrogens is 172 g/mol. The summed E-state index contributed by atoms with van der Waals surface area (Å²) in [5.74, 6) is 1.42. The van der Waals surface area contributed by atoms with Gasteiger partial charge in [-0.1, -0.05) is 12.2 Å². The van der Waals surface area contributed by atoms with Crippen molar-refractivity contribution in [1.29, 1.82) is 0 Å². The molecule has 0 unspecified atom stereocenters. The van der Waals surface area contributed by atoms with Gasteiger partial charge in [-0.3, -0.25) is 0 Å². The highest BCUT2D eigenvalue weighted by Crippen LogP contribution is 2.20. The predicted octanol–water partition coefficient (Wildman–Crippen LogP) is 3.10. The van der Waals surface area contributed by atoms with Crippen molar-refractivity contribution in [3.63, 3.8) is 0 Å². The Morgan fingerprint density at radius 2 is 2.17 bits per heavy atom. The highest BCUT2D eigenvalue weighted by atomic mass is 32.1. The molecule has 0 aromatic carbocycles. The van der Waals surface area contributed by atoms with Crippen molar-refractivity contribution in [1.82, 2.24) is 0 Å². The lowest BCUT2D eigenvalue weighted by molar-refractivity contribution is 0.230. The van der Waals surface area contributed by atoms with Gasteiger partial charge in [-0.25, -0.2) is 0 Å². The zero-order chi connectivity index (χ0) is 9.14. The van der Waals surface area contributed by atoms with Gasteiger partial charge in [-0.2, -0.15) is 0 Å². The summed E-state index contributed by atoms with van der Waals surface area (Å²) < 4.78 is 11.3. The molecule has 0 saturated heterocycles. The van der Waals surface area contributed by atoms with E-state index in [9.17, 15) is 0 Å². The highest BCUT2D eigenvalue weighted by Gasteiger charge is 2.04. The molecule has 2 nitrogen and oxygen atoms in total. The minimum atomic E-state index is 0.128. The molecule has 0 saturated carbocycles. The Hall–Kier alpha value is -0.830. The molecule has 0 spiro atoms. The third-order valence-electron chi connectivity index (χ3n) is 1.36. The van der Waals surface area contributed by atoms with Crippen LogP contribution in [0.2, 0.25) is 0 Å². The van der Waals surface area contributed by atoms with Gasteiger partial charge in [0.1, 0.15) is 5.76 Å². The highest BCUT2D eigenvalue weighted by molar-refractivity contribution is 7.71. The quantitative estimate of drug-likeness (QED) is 0.659. The van der Waals surface area contributed by atoms with E-state index in [1.807, 2.05) is 20.8 Å². The summed E-state index contributed by atoms with van der Waals surface area (Å²) in [5, 5.41) is 0. The normalized spacial score (nSPS) is 10.3. The molecule has 0 radical (unpaired) electrons. The lowest BCUT2D eigenvalue weighted by atomic mass is 10.3. The average molecular weight is 184 g/mol. The lowest BCUT2D eigenvalue weighted by Crippen LogP contribution is -2.06. The Labute approximate surface area is 77.2 Å². The molecule has 3 heteroatoms. The third kappa shape index (κ3) is 2.08. The molecule has 0 aliphatic rings. The van der Waals surface area contributed by atoms with E-state index in [1.54, 1.807) is 12.3 Å². The Balaban J connectivity index is 3.05. The van der Waals surface area contributed by atoms with Gasteiger partial charge in [0.05, 0.1) is 16.9 Å². The van der Waals surface area contributed by atoms with E-state index in [0.29, 0.717) is 10.3 Å². The molecule has 0 bridgehead atoms. The first-order valence-electron chi connectivity index (χ1n) is 3.86. The van der Waals surface area contributed by atoms with Crippen molar-refractivity contribution in [2.24, 2.45) is 0 Å². The first-order chi connectivity index (χ1) is 5.61. The number of rotatable bonds is 2. The summed E-state index contributed by atoms with van der Waals surface area (Å²) >= 11 is 5.07. The molecule has 66 valence electrons. The second-order valence-electron chi connectivity index (χ2n) is 2.84. The maximum absolute atomic E-state index is 5.48. The van der Waals surface area contributed by atoms with Gasteiger partial charge >= 0.3 is 0 Å². The van der Waals surface area contributed by atoms with Crippen molar-refractivity contribution in [2.75, 3.05) is 0 Å². The summed E-state index contributed by atoms with van der Waals surface area (Å²) in [6, 6.07) is 1.72. The van der Waals surface area contributed by atoms with Crippen molar-refractivity contribution in [3.05, 3.63) is 22.6 Å². The second kappa shape index (κ2) is 3.72. The molecule has 1 heterocycles. The summed E-state index contributed by atoms with van der Waals surface area (Å²) in [5.41, 5.74) is 0. The second-order valence-corrected chi connectivity index (χ2v) is 3.28. The molecule has 1 rings (SSSR count). The molecule has 0 aliphatic carbocycles. The summed E-state index contributed by atoms with van der Waals surface area (Å²) in [6.07, 6.45) is 1.70. The van der Waals surface area contributed by atoms with Crippen LogP contribution in [0.15, 0.2) is 16.7 Å². The van der Waals surface area contributed by atoms with Crippen molar-refractivity contribution in [3.8, 4) is 5.75 Å². The SMILES string of the molecule is Cc1occc(=S)c1OC(C)C. The maximum Gasteiger partial charge on any atom is 0.175 e. The molecule has 0 fully saturated rings. The van der Waals surface area contributed by atoms with E-state index in [1.165, 1.54) is 0 Å². The van der Waals surface area contributed by atoms with E-state index in [2.05, 4.69) is 0 Å². The molecule has 0 atom stereocenters. The van der Waals surface area contributed by atoms with Gasteiger partial charge in [0, 0.05) is 0 Å². The van der Waals surface area contributed by atoms with Gasteiger partial charge in [0.25, 0.3) is 0 Å². The number of hydrogen-bond acceptors (Lipinski definition) is 3. The fraction of sp³-hybridized carbons (Fsp3) is 0.444. The van der Waals surface area contributed by atoms with Crippen molar-refractivity contribution >= 4 is 12.2 Å². The van der Waals surface area contributed by atoms with Gasteiger partial charge in [0.15, 0.2) is 5.75 Å². The number of ether oxygens (including phenoxy) is 1. The van der Waals surface area contributed by atoms with Crippen LogP contribution in [-0.4, -0.2) is 6.10 Å². The van der Waals surface area contributed by atoms with Crippen molar-refractivity contribution < 1.29 is 9.15 Å². The Morgan fingerprint density at radius 3 is 2.67 bits per heavy atom. The standard InChI is InChI=1S/C9H12O2S/c1-6(2)11-9-7(3)10-5-4-8(9)12/h4-6H,1-3H3. The zero-order valence-electron chi connectivity index (χ0n) is 7.46. The Bertz CT molecular complexity index is 315. The van der Waals surface area contributed by atoms with Gasteiger partial charge in [0.2, 0.25) is 0 Å². The lowest BCUT2D eigenvalue weighted by Gasteiger charge is -2.10. The maximum atomic E-state index is 5.48. The van der Waals surface area contributed by atoms with Crippen LogP contribution in [0.3, 0.4) is 0 Å². The molecular formula is C9H12O2S. The number of hydrogen-bond donors (Lipinski definition) is 0. The zero-order valence-corrected chi connectivity index (χ0v) is 8.27. The number of aryl methyl sites for hydroxylation is 1. The molecule has 12 heavy (non-hydrogen) atoms. The van der Waals surface area contributed by atoms with Crippen LogP contribution >= 0.6 is 12.2 Å². The van der Waals surface area contributed by atoms with Crippen LogP contribution in [0, 0.1) is 11.4 Å². The summed E-state index contributed by atoms with van der Waals surface area (Å²) in [7, 11) is 0. The van der Waals surface area contributed by atoms with Crippen LogP contribution in [0.1, 0.15) is 19.6 Å². The van der Waals surface area contributed by atoms with Crippen LogP contribution in [0.25, 0.3) is 0 Å². The Morgan fingerprint density at radius 1 is 1.50 bits per heavy atom. The molecule has 0 amide bonds. The summed E-state index contributed by atoms with van der Waals surface area (Å²) in [4.78, 5) is 0. The van der Waals surface area contributed by atoms with Crippen LogP contribution in [-0.2, 0) is 0 Å².